The van der Waals surface area contributed by atoms with Gasteiger partial charge in [0.05, 0.1) is 12.8 Å². The Labute approximate surface area is 86.3 Å². The van der Waals surface area contributed by atoms with E-state index in [0.29, 0.717) is 13.1 Å². The van der Waals surface area contributed by atoms with Gasteiger partial charge in [0.25, 0.3) is 6.43 Å². The minimum absolute atomic E-state index is 0.00532. The van der Waals surface area contributed by atoms with Crippen molar-refractivity contribution in [1.29, 1.82) is 0 Å². The summed E-state index contributed by atoms with van der Waals surface area (Å²) in [5.41, 5.74) is -1.84. The van der Waals surface area contributed by atoms with Gasteiger partial charge in [-0.25, -0.2) is 8.78 Å². The van der Waals surface area contributed by atoms with E-state index in [-0.39, 0.29) is 13.0 Å². The number of likely N-dealkylation sites (tertiary alicyclic amines) is 1. The molecule has 1 aromatic rings. The number of hydrogen-bond acceptors (Lipinski definition) is 3. The molecule has 0 aromatic carbocycles. The Morgan fingerprint density at radius 2 is 2.40 bits per heavy atom. The molecule has 1 atom stereocenters. The summed E-state index contributed by atoms with van der Waals surface area (Å²) >= 11 is 0. The molecule has 1 saturated heterocycles. The number of aliphatic hydroxyl groups is 1. The predicted molar refractivity (Wildman–Crippen MR) is 49.6 cm³/mol. The topological polar surface area (TPSA) is 36.6 Å². The van der Waals surface area contributed by atoms with Gasteiger partial charge in [-0.3, -0.25) is 4.90 Å². The molecule has 0 bridgehead atoms. The van der Waals surface area contributed by atoms with E-state index in [1.807, 2.05) is 0 Å². The molecule has 2 heterocycles. The Balaban J connectivity index is 1.93. The van der Waals surface area contributed by atoms with Crippen LogP contribution in [0.25, 0.3) is 0 Å². The second-order valence-electron chi connectivity index (χ2n) is 3.94. The van der Waals surface area contributed by atoms with Crippen molar-refractivity contribution in [2.24, 2.45) is 0 Å². The van der Waals surface area contributed by atoms with Crippen LogP contribution >= 0.6 is 0 Å². The average Bonchev–Trinajstić information content (AvgIpc) is 2.77. The van der Waals surface area contributed by atoms with E-state index >= 15 is 0 Å². The largest absolute Gasteiger partial charge is 0.468 e. The SMILES string of the molecule is OC1(C(F)F)CCN(Cc2ccco2)C1. The number of β-amino-alcohol motifs (C(OH)–C–C–N with tert-alkyl or cyclic N) is 1. The first kappa shape index (κ1) is 10.6. The summed E-state index contributed by atoms with van der Waals surface area (Å²) in [5, 5.41) is 9.55. The molecule has 1 aromatic heterocycles. The van der Waals surface area contributed by atoms with E-state index in [9.17, 15) is 13.9 Å². The number of halogens is 2. The summed E-state index contributed by atoms with van der Waals surface area (Å²) in [4.78, 5) is 1.77. The number of furan rings is 1. The van der Waals surface area contributed by atoms with Gasteiger partial charge in [-0.05, 0) is 18.6 Å². The molecule has 15 heavy (non-hydrogen) atoms. The minimum Gasteiger partial charge on any atom is -0.468 e. The lowest BCUT2D eigenvalue weighted by Gasteiger charge is -2.21. The van der Waals surface area contributed by atoms with Crippen molar-refractivity contribution in [2.45, 2.75) is 25.0 Å². The van der Waals surface area contributed by atoms with Crippen molar-refractivity contribution in [3.05, 3.63) is 24.2 Å². The molecule has 0 saturated carbocycles. The highest BCUT2D eigenvalue weighted by atomic mass is 19.3. The lowest BCUT2D eigenvalue weighted by molar-refractivity contribution is -0.0874. The second kappa shape index (κ2) is 3.90. The second-order valence-corrected chi connectivity index (χ2v) is 3.94. The predicted octanol–water partition coefficient (Wildman–Crippen LogP) is 1.48. The van der Waals surface area contributed by atoms with Crippen LogP contribution in [0.4, 0.5) is 8.78 Å². The van der Waals surface area contributed by atoms with Crippen LogP contribution in [0.1, 0.15) is 12.2 Å². The molecule has 5 heteroatoms. The van der Waals surface area contributed by atoms with Gasteiger partial charge in [0.1, 0.15) is 11.4 Å². The summed E-state index contributed by atoms with van der Waals surface area (Å²) in [7, 11) is 0. The zero-order valence-electron chi connectivity index (χ0n) is 8.20. The standard InChI is InChI=1S/C10H13F2NO2/c11-9(12)10(14)3-4-13(7-10)6-8-2-1-5-15-8/h1-2,5,9,14H,3-4,6-7H2. The molecule has 1 aliphatic rings. The summed E-state index contributed by atoms with van der Waals surface area (Å²) < 4.78 is 30.1. The van der Waals surface area contributed by atoms with Gasteiger partial charge in [-0.2, -0.15) is 0 Å². The van der Waals surface area contributed by atoms with Crippen LogP contribution in [-0.4, -0.2) is 35.1 Å². The fourth-order valence-corrected chi connectivity index (χ4v) is 1.83. The van der Waals surface area contributed by atoms with Crippen LogP contribution in [0.2, 0.25) is 0 Å². The minimum atomic E-state index is -2.68. The molecular weight excluding hydrogens is 204 g/mol. The molecule has 0 amide bonds. The van der Waals surface area contributed by atoms with Crippen LogP contribution < -0.4 is 0 Å². The van der Waals surface area contributed by atoms with E-state index in [0.717, 1.165) is 5.76 Å². The summed E-state index contributed by atoms with van der Waals surface area (Å²) in [6, 6.07) is 3.55. The molecule has 0 aliphatic carbocycles. The van der Waals surface area contributed by atoms with Crippen molar-refractivity contribution >= 4 is 0 Å². The maximum atomic E-state index is 12.5. The highest BCUT2D eigenvalue weighted by Crippen LogP contribution is 2.28. The van der Waals surface area contributed by atoms with Crippen LogP contribution in [-0.2, 0) is 6.54 Å². The third-order valence-corrected chi connectivity index (χ3v) is 2.72. The van der Waals surface area contributed by atoms with Crippen molar-refractivity contribution in [2.75, 3.05) is 13.1 Å². The summed E-state index contributed by atoms with van der Waals surface area (Å²) in [6.07, 6.45) is -1.02. The summed E-state index contributed by atoms with van der Waals surface area (Å²) in [6.45, 7) is 0.953. The quantitative estimate of drug-likeness (QED) is 0.833. The Hall–Kier alpha value is -0.940. The Kier molecular flexibility index (Phi) is 2.75. The maximum Gasteiger partial charge on any atom is 0.268 e. The molecule has 2 rings (SSSR count). The molecule has 84 valence electrons. The zero-order valence-corrected chi connectivity index (χ0v) is 8.20. The van der Waals surface area contributed by atoms with E-state index < -0.39 is 12.0 Å². The maximum absolute atomic E-state index is 12.5. The lowest BCUT2D eigenvalue weighted by atomic mass is 10.1. The first-order valence-electron chi connectivity index (χ1n) is 4.85. The molecule has 1 fully saturated rings. The highest BCUT2D eigenvalue weighted by molar-refractivity contribution is 5.00. The Morgan fingerprint density at radius 1 is 1.60 bits per heavy atom. The molecule has 3 nitrogen and oxygen atoms in total. The molecule has 0 spiro atoms. The Morgan fingerprint density at radius 3 is 2.93 bits per heavy atom. The van der Waals surface area contributed by atoms with Gasteiger partial charge < -0.3 is 9.52 Å². The molecule has 1 aliphatic heterocycles. The third-order valence-electron chi connectivity index (χ3n) is 2.72. The number of alkyl halides is 2. The van der Waals surface area contributed by atoms with Crippen LogP contribution in [0, 0.1) is 0 Å². The lowest BCUT2D eigenvalue weighted by Crippen LogP contribution is -2.40. The van der Waals surface area contributed by atoms with Gasteiger partial charge in [0.2, 0.25) is 0 Å². The molecule has 0 radical (unpaired) electrons. The van der Waals surface area contributed by atoms with Crippen LogP contribution in [0.15, 0.2) is 22.8 Å². The van der Waals surface area contributed by atoms with Crippen molar-refractivity contribution in [1.82, 2.24) is 4.90 Å². The first-order chi connectivity index (χ1) is 7.10. The monoisotopic (exact) mass is 217 g/mol. The first-order valence-corrected chi connectivity index (χ1v) is 4.85. The van der Waals surface area contributed by atoms with E-state index in [1.54, 1.807) is 23.3 Å². The van der Waals surface area contributed by atoms with Gasteiger partial charge in [-0.1, -0.05) is 0 Å². The van der Waals surface area contributed by atoms with E-state index in [2.05, 4.69) is 0 Å². The normalized spacial score (nSPS) is 27.7. The van der Waals surface area contributed by atoms with Gasteiger partial charge in [0.15, 0.2) is 0 Å². The zero-order chi connectivity index (χ0) is 10.9. The molecular formula is C10H13F2NO2. The van der Waals surface area contributed by atoms with Crippen LogP contribution in [0.5, 0.6) is 0 Å². The number of nitrogens with zero attached hydrogens (tertiary/aromatic N) is 1. The fraction of sp³-hybridized carbons (Fsp3) is 0.600. The summed E-state index contributed by atoms with van der Waals surface area (Å²) in [5.74, 6) is 0.730. The van der Waals surface area contributed by atoms with E-state index in [1.165, 1.54) is 0 Å². The third kappa shape index (κ3) is 2.18. The highest BCUT2D eigenvalue weighted by Gasteiger charge is 2.43. The van der Waals surface area contributed by atoms with Crippen molar-refractivity contribution < 1.29 is 18.3 Å². The van der Waals surface area contributed by atoms with Crippen molar-refractivity contribution in [3.63, 3.8) is 0 Å². The Bertz CT molecular complexity index is 315. The molecule has 1 N–H and O–H groups in total. The fourth-order valence-electron chi connectivity index (χ4n) is 1.83. The smallest absolute Gasteiger partial charge is 0.268 e. The van der Waals surface area contributed by atoms with Crippen molar-refractivity contribution in [3.8, 4) is 0 Å². The number of hydrogen-bond donors (Lipinski definition) is 1. The van der Waals surface area contributed by atoms with Gasteiger partial charge in [0, 0.05) is 13.1 Å². The molecule has 1 unspecified atom stereocenters. The van der Waals surface area contributed by atoms with Gasteiger partial charge >= 0.3 is 0 Å². The van der Waals surface area contributed by atoms with E-state index in [4.69, 9.17) is 4.42 Å². The number of rotatable bonds is 3. The van der Waals surface area contributed by atoms with Crippen LogP contribution in [0.3, 0.4) is 0 Å². The average molecular weight is 217 g/mol. The van der Waals surface area contributed by atoms with Gasteiger partial charge in [-0.15, -0.1) is 0 Å².